The molecule has 0 atom stereocenters. The molecule has 0 aromatic carbocycles. The van der Waals surface area contributed by atoms with Gasteiger partial charge in [0.2, 0.25) is 0 Å². The normalized spacial score (nSPS) is 21.3. The molecule has 0 aliphatic heterocycles. The van der Waals surface area contributed by atoms with Gasteiger partial charge in [0.25, 0.3) is 0 Å². The van der Waals surface area contributed by atoms with Gasteiger partial charge in [-0.25, -0.2) is 9.97 Å². The Hall–Kier alpha value is -0.960. The average Bonchev–Trinajstić information content (AvgIpc) is 2.20. The zero-order valence-electron chi connectivity index (χ0n) is 7.74. The number of hydrogen-bond donors (Lipinski definition) is 1. The number of nitrogens with zero attached hydrogens (tertiary/aromatic N) is 2. The molecule has 3 heteroatoms. The molecule has 2 N–H and O–H groups in total. The molecule has 1 heterocycles. The minimum absolute atomic E-state index is 0.179. The zero-order valence-corrected chi connectivity index (χ0v) is 7.74. The van der Waals surface area contributed by atoms with Crippen molar-refractivity contribution in [2.45, 2.75) is 37.6 Å². The van der Waals surface area contributed by atoms with Crippen molar-refractivity contribution < 1.29 is 0 Å². The van der Waals surface area contributed by atoms with Crippen molar-refractivity contribution in [3.8, 4) is 0 Å². The Balaban J connectivity index is 2.23. The third-order valence-corrected chi connectivity index (χ3v) is 2.84. The fraction of sp³-hybridized carbons (Fsp3) is 0.600. The maximum absolute atomic E-state index is 6.29. The first kappa shape index (κ1) is 8.63. The molecule has 1 aromatic heterocycles. The van der Waals surface area contributed by atoms with Gasteiger partial charge in [0.15, 0.2) is 0 Å². The van der Waals surface area contributed by atoms with Crippen LogP contribution in [0.4, 0.5) is 0 Å². The molecule has 1 aromatic rings. The standard InChI is InChI=1S/C10H15N3/c11-10(5-2-1-3-6-10)9-4-7-12-8-13-9/h4,7-8H,1-3,5-6,11H2. The van der Waals surface area contributed by atoms with Gasteiger partial charge in [0.05, 0.1) is 11.2 Å². The summed E-state index contributed by atoms with van der Waals surface area (Å²) in [4.78, 5) is 8.14. The van der Waals surface area contributed by atoms with Gasteiger partial charge in [0, 0.05) is 6.20 Å². The minimum atomic E-state index is -0.179. The topological polar surface area (TPSA) is 51.8 Å². The number of hydrogen-bond acceptors (Lipinski definition) is 3. The molecule has 0 amide bonds. The second-order valence-electron chi connectivity index (χ2n) is 3.81. The van der Waals surface area contributed by atoms with Crippen LogP contribution in [0.3, 0.4) is 0 Å². The van der Waals surface area contributed by atoms with E-state index in [0.717, 1.165) is 18.5 Å². The predicted octanol–water partition coefficient (Wildman–Crippen LogP) is 1.59. The van der Waals surface area contributed by atoms with Gasteiger partial charge in [0.1, 0.15) is 6.33 Å². The Labute approximate surface area is 78.4 Å². The summed E-state index contributed by atoms with van der Waals surface area (Å²) in [6.45, 7) is 0. The van der Waals surface area contributed by atoms with E-state index < -0.39 is 0 Å². The highest BCUT2D eigenvalue weighted by molar-refractivity contribution is 5.13. The maximum atomic E-state index is 6.29. The number of nitrogens with two attached hydrogens (primary N) is 1. The van der Waals surface area contributed by atoms with E-state index in [1.165, 1.54) is 19.3 Å². The SMILES string of the molecule is NC1(c2ccncn2)CCCCC1. The van der Waals surface area contributed by atoms with Crippen LogP contribution >= 0.6 is 0 Å². The molecule has 1 saturated carbocycles. The van der Waals surface area contributed by atoms with Crippen molar-refractivity contribution >= 4 is 0 Å². The molecule has 0 spiro atoms. The molecule has 1 fully saturated rings. The van der Waals surface area contributed by atoms with E-state index in [0.29, 0.717) is 0 Å². The van der Waals surface area contributed by atoms with Crippen molar-refractivity contribution in [2.75, 3.05) is 0 Å². The van der Waals surface area contributed by atoms with Gasteiger partial charge in [-0.1, -0.05) is 19.3 Å². The van der Waals surface area contributed by atoms with E-state index in [9.17, 15) is 0 Å². The summed E-state index contributed by atoms with van der Waals surface area (Å²) >= 11 is 0. The van der Waals surface area contributed by atoms with E-state index in [4.69, 9.17) is 5.73 Å². The van der Waals surface area contributed by atoms with Crippen LogP contribution in [-0.2, 0) is 5.54 Å². The second-order valence-corrected chi connectivity index (χ2v) is 3.81. The smallest absolute Gasteiger partial charge is 0.115 e. The number of rotatable bonds is 1. The van der Waals surface area contributed by atoms with Crippen molar-refractivity contribution in [3.63, 3.8) is 0 Å². The predicted molar refractivity (Wildman–Crippen MR) is 51.0 cm³/mol. The average molecular weight is 177 g/mol. The van der Waals surface area contributed by atoms with Crippen LogP contribution in [0.25, 0.3) is 0 Å². The van der Waals surface area contributed by atoms with Crippen LogP contribution in [0.5, 0.6) is 0 Å². The Kier molecular flexibility index (Phi) is 2.27. The van der Waals surface area contributed by atoms with Gasteiger partial charge >= 0.3 is 0 Å². The summed E-state index contributed by atoms with van der Waals surface area (Å²) in [5.74, 6) is 0. The molecule has 13 heavy (non-hydrogen) atoms. The molecular weight excluding hydrogens is 162 g/mol. The third kappa shape index (κ3) is 1.70. The molecule has 2 rings (SSSR count). The molecule has 70 valence electrons. The van der Waals surface area contributed by atoms with E-state index in [1.807, 2.05) is 6.07 Å². The minimum Gasteiger partial charge on any atom is -0.320 e. The lowest BCUT2D eigenvalue weighted by molar-refractivity contribution is 0.294. The molecule has 1 aliphatic rings. The highest BCUT2D eigenvalue weighted by Gasteiger charge is 2.30. The summed E-state index contributed by atoms with van der Waals surface area (Å²) in [6, 6.07) is 1.94. The summed E-state index contributed by atoms with van der Waals surface area (Å²) < 4.78 is 0. The van der Waals surface area contributed by atoms with Crippen LogP contribution in [0.2, 0.25) is 0 Å². The Morgan fingerprint density at radius 2 is 2.00 bits per heavy atom. The van der Waals surface area contributed by atoms with Crippen molar-refractivity contribution in [1.82, 2.24) is 9.97 Å². The Bertz CT molecular complexity index is 265. The highest BCUT2D eigenvalue weighted by Crippen LogP contribution is 2.33. The quantitative estimate of drug-likeness (QED) is 0.708. The molecule has 0 bridgehead atoms. The van der Waals surface area contributed by atoms with Gasteiger partial charge < -0.3 is 5.73 Å². The van der Waals surface area contributed by atoms with Gasteiger partial charge in [-0.3, -0.25) is 0 Å². The van der Waals surface area contributed by atoms with Crippen LogP contribution in [-0.4, -0.2) is 9.97 Å². The fourth-order valence-corrected chi connectivity index (χ4v) is 2.02. The summed E-state index contributed by atoms with van der Waals surface area (Å²) in [5, 5.41) is 0. The maximum Gasteiger partial charge on any atom is 0.115 e. The summed E-state index contributed by atoms with van der Waals surface area (Å²) in [5.41, 5.74) is 7.11. The van der Waals surface area contributed by atoms with Gasteiger partial charge in [-0.05, 0) is 18.9 Å². The van der Waals surface area contributed by atoms with Crippen LogP contribution in [0, 0.1) is 0 Å². The molecule has 3 nitrogen and oxygen atoms in total. The number of aromatic nitrogens is 2. The lowest BCUT2D eigenvalue weighted by Gasteiger charge is -2.32. The van der Waals surface area contributed by atoms with E-state index in [-0.39, 0.29) is 5.54 Å². The van der Waals surface area contributed by atoms with Crippen molar-refractivity contribution in [2.24, 2.45) is 5.73 Å². The largest absolute Gasteiger partial charge is 0.320 e. The van der Waals surface area contributed by atoms with Crippen LogP contribution < -0.4 is 5.73 Å². The fourth-order valence-electron chi connectivity index (χ4n) is 2.02. The monoisotopic (exact) mass is 177 g/mol. The van der Waals surface area contributed by atoms with E-state index >= 15 is 0 Å². The first-order chi connectivity index (χ1) is 6.31. The lowest BCUT2D eigenvalue weighted by Crippen LogP contribution is -2.39. The van der Waals surface area contributed by atoms with Gasteiger partial charge in [-0.15, -0.1) is 0 Å². The van der Waals surface area contributed by atoms with E-state index in [2.05, 4.69) is 9.97 Å². The highest BCUT2D eigenvalue weighted by atomic mass is 14.9. The molecule has 0 unspecified atom stereocenters. The van der Waals surface area contributed by atoms with Crippen LogP contribution in [0.15, 0.2) is 18.6 Å². The zero-order chi connectivity index (χ0) is 9.15. The Morgan fingerprint density at radius 3 is 2.62 bits per heavy atom. The Morgan fingerprint density at radius 1 is 1.23 bits per heavy atom. The summed E-state index contributed by atoms with van der Waals surface area (Å²) in [6.07, 6.45) is 9.23. The molecule has 1 aliphatic carbocycles. The van der Waals surface area contributed by atoms with Crippen molar-refractivity contribution in [3.05, 3.63) is 24.3 Å². The van der Waals surface area contributed by atoms with Crippen LogP contribution in [0.1, 0.15) is 37.8 Å². The lowest BCUT2D eigenvalue weighted by atomic mass is 9.80. The van der Waals surface area contributed by atoms with E-state index in [1.54, 1.807) is 12.5 Å². The summed E-state index contributed by atoms with van der Waals surface area (Å²) in [7, 11) is 0. The third-order valence-electron chi connectivity index (χ3n) is 2.84. The second kappa shape index (κ2) is 3.42. The molecular formula is C10H15N3. The van der Waals surface area contributed by atoms with Gasteiger partial charge in [-0.2, -0.15) is 0 Å². The van der Waals surface area contributed by atoms with Crippen molar-refractivity contribution in [1.29, 1.82) is 0 Å². The molecule has 0 saturated heterocycles. The molecule has 0 radical (unpaired) electrons. The first-order valence-electron chi connectivity index (χ1n) is 4.87. The first-order valence-corrected chi connectivity index (χ1v) is 4.87.